The maximum Gasteiger partial charge on any atom is 0.161 e. The largest absolute Gasteiger partial charge is 0.486 e. The first-order valence-corrected chi connectivity index (χ1v) is 5.65. The van der Waals surface area contributed by atoms with Crippen molar-refractivity contribution in [2.45, 2.75) is 18.6 Å². The summed E-state index contributed by atoms with van der Waals surface area (Å²) in [5.74, 6) is 1.58. The minimum atomic E-state index is -0.303. The van der Waals surface area contributed by atoms with E-state index in [0.29, 0.717) is 13.2 Å². The third-order valence-corrected chi connectivity index (χ3v) is 3.11. The predicted octanol–water partition coefficient (Wildman–Crippen LogP) is 0.853. The number of ether oxygens (including phenoxy) is 2. The Morgan fingerprint density at radius 1 is 1.19 bits per heavy atom. The number of benzene rings is 1. The lowest BCUT2D eigenvalue weighted by molar-refractivity contribution is 0.157. The Labute approximate surface area is 94.2 Å². The molecule has 2 N–H and O–H groups in total. The molecule has 0 amide bonds. The summed E-state index contributed by atoms with van der Waals surface area (Å²) in [6, 6.07) is 5.88. The quantitative estimate of drug-likeness (QED) is 0.738. The summed E-state index contributed by atoms with van der Waals surface area (Å²) in [5.41, 5.74) is 1.06. The third kappa shape index (κ3) is 1.64. The average molecular weight is 221 g/mol. The number of aliphatic hydroxyl groups is 1. The smallest absolute Gasteiger partial charge is 0.161 e. The van der Waals surface area contributed by atoms with Crippen LogP contribution in [0.1, 0.15) is 18.0 Å². The molecule has 0 aliphatic carbocycles. The van der Waals surface area contributed by atoms with Crippen LogP contribution < -0.4 is 14.8 Å². The van der Waals surface area contributed by atoms with Crippen molar-refractivity contribution in [2.24, 2.45) is 0 Å². The molecule has 2 atom stereocenters. The van der Waals surface area contributed by atoms with Gasteiger partial charge in [-0.25, -0.2) is 0 Å². The minimum absolute atomic E-state index is 0.0239. The van der Waals surface area contributed by atoms with Gasteiger partial charge in [0.05, 0.1) is 12.1 Å². The Morgan fingerprint density at radius 2 is 2.00 bits per heavy atom. The van der Waals surface area contributed by atoms with E-state index in [2.05, 4.69) is 5.32 Å². The summed E-state index contributed by atoms with van der Waals surface area (Å²) < 4.78 is 11.0. The van der Waals surface area contributed by atoms with Crippen LogP contribution in [0.2, 0.25) is 0 Å². The van der Waals surface area contributed by atoms with E-state index in [4.69, 9.17) is 9.47 Å². The van der Waals surface area contributed by atoms with Gasteiger partial charge >= 0.3 is 0 Å². The van der Waals surface area contributed by atoms with E-state index in [1.54, 1.807) is 0 Å². The highest BCUT2D eigenvalue weighted by atomic mass is 16.6. The molecule has 2 unspecified atom stereocenters. The van der Waals surface area contributed by atoms with Gasteiger partial charge in [0.1, 0.15) is 13.2 Å². The number of rotatable bonds is 1. The van der Waals surface area contributed by atoms with Crippen LogP contribution >= 0.6 is 0 Å². The lowest BCUT2D eigenvalue weighted by atomic mass is 10.0. The van der Waals surface area contributed by atoms with Gasteiger partial charge in [0.15, 0.2) is 11.5 Å². The molecule has 16 heavy (non-hydrogen) atoms. The number of fused-ring (bicyclic) bond motifs is 1. The van der Waals surface area contributed by atoms with Crippen molar-refractivity contribution in [1.82, 2.24) is 5.32 Å². The van der Waals surface area contributed by atoms with E-state index in [1.165, 1.54) is 0 Å². The molecular weight excluding hydrogens is 206 g/mol. The molecular formula is C12H15NO3. The zero-order chi connectivity index (χ0) is 11.0. The fourth-order valence-electron chi connectivity index (χ4n) is 2.28. The van der Waals surface area contributed by atoms with Crippen molar-refractivity contribution in [2.75, 3.05) is 19.8 Å². The van der Waals surface area contributed by atoms with Crippen LogP contribution in [0.4, 0.5) is 0 Å². The average Bonchev–Trinajstić information content (AvgIpc) is 2.75. The summed E-state index contributed by atoms with van der Waals surface area (Å²) in [6.45, 7) is 2.06. The summed E-state index contributed by atoms with van der Waals surface area (Å²) >= 11 is 0. The summed E-state index contributed by atoms with van der Waals surface area (Å²) in [7, 11) is 0. The zero-order valence-electron chi connectivity index (χ0n) is 8.98. The molecule has 4 nitrogen and oxygen atoms in total. The molecule has 1 aromatic rings. The van der Waals surface area contributed by atoms with Gasteiger partial charge in [0.25, 0.3) is 0 Å². The molecule has 3 rings (SSSR count). The van der Waals surface area contributed by atoms with Crippen molar-refractivity contribution >= 4 is 0 Å². The molecule has 1 fully saturated rings. The van der Waals surface area contributed by atoms with Crippen LogP contribution in [-0.2, 0) is 0 Å². The van der Waals surface area contributed by atoms with Crippen molar-refractivity contribution in [3.63, 3.8) is 0 Å². The molecule has 86 valence electrons. The van der Waals surface area contributed by atoms with Crippen molar-refractivity contribution < 1.29 is 14.6 Å². The van der Waals surface area contributed by atoms with Gasteiger partial charge in [-0.05, 0) is 30.7 Å². The lowest BCUT2D eigenvalue weighted by Gasteiger charge is -2.21. The molecule has 0 radical (unpaired) electrons. The Balaban J connectivity index is 1.90. The van der Waals surface area contributed by atoms with E-state index in [1.807, 2.05) is 18.2 Å². The molecule has 1 saturated heterocycles. The second kappa shape index (κ2) is 3.96. The second-order valence-corrected chi connectivity index (χ2v) is 4.19. The molecule has 2 aliphatic heterocycles. The Bertz CT molecular complexity index is 394. The highest BCUT2D eigenvalue weighted by molar-refractivity contribution is 5.45. The first-order valence-electron chi connectivity index (χ1n) is 5.65. The van der Waals surface area contributed by atoms with Crippen molar-refractivity contribution in [3.8, 4) is 11.5 Å². The molecule has 0 spiro atoms. The first-order chi connectivity index (χ1) is 7.84. The molecule has 2 heterocycles. The topological polar surface area (TPSA) is 50.7 Å². The van der Waals surface area contributed by atoms with Gasteiger partial charge < -0.3 is 19.9 Å². The number of nitrogens with one attached hydrogen (secondary N) is 1. The van der Waals surface area contributed by atoms with Gasteiger partial charge in [-0.15, -0.1) is 0 Å². The summed E-state index contributed by atoms with van der Waals surface area (Å²) in [5, 5.41) is 13.1. The lowest BCUT2D eigenvalue weighted by Crippen LogP contribution is -2.21. The summed E-state index contributed by atoms with van der Waals surface area (Å²) in [4.78, 5) is 0. The third-order valence-electron chi connectivity index (χ3n) is 3.11. The maximum absolute atomic E-state index is 9.81. The molecule has 2 aliphatic rings. The molecule has 4 heteroatoms. The Morgan fingerprint density at radius 3 is 2.75 bits per heavy atom. The fourth-order valence-corrected chi connectivity index (χ4v) is 2.28. The van der Waals surface area contributed by atoms with Gasteiger partial charge in [-0.2, -0.15) is 0 Å². The van der Waals surface area contributed by atoms with Crippen LogP contribution in [0, 0.1) is 0 Å². The second-order valence-electron chi connectivity index (χ2n) is 4.19. The number of hydrogen-bond donors (Lipinski definition) is 2. The van der Waals surface area contributed by atoms with Gasteiger partial charge in [-0.1, -0.05) is 6.07 Å². The maximum atomic E-state index is 9.81. The molecule has 0 aromatic heterocycles. The fraction of sp³-hybridized carbons (Fsp3) is 0.500. The van der Waals surface area contributed by atoms with Crippen LogP contribution in [0.3, 0.4) is 0 Å². The Kier molecular flexibility index (Phi) is 2.46. The summed E-state index contributed by atoms with van der Waals surface area (Å²) in [6.07, 6.45) is 0.501. The number of hydrogen-bond acceptors (Lipinski definition) is 4. The number of aliphatic hydroxyl groups excluding tert-OH is 1. The van der Waals surface area contributed by atoms with Crippen LogP contribution in [0.15, 0.2) is 18.2 Å². The SMILES string of the molecule is OC1CCNC1c1ccc2c(c1)OCCO2. The van der Waals surface area contributed by atoms with Crippen LogP contribution in [-0.4, -0.2) is 31.0 Å². The van der Waals surface area contributed by atoms with Crippen molar-refractivity contribution in [3.05, 3.63) is 23.8 Å². The molecule has 0 saturated carbocycles. The van der Waals surface area contributed by atoms with Gasteiger partial charge in [0.2, 0.25) is 0 Å². The van der Waals surface area contributed by atoms with E-state index in [-0.39, 0.29) is 12.1 Å². The predicted molar refractivity (Wildman–Crippen MR) is 58.8 cm³/mol. The van der Waals surface area contributed by atoms with Crippen LogP contribution in [0.5, 0.6) is 11.5 Å². The monoisotopic (exact) mass is 221 g/mol. The molecule has 1 aromatic carbocycles. The highest BCUT2D eigenvalue weighted by Gasteiger charge is 2.27. The van der Waals surface area contributed by atoms with Crippen molar-refractivity contribution in [1.29, 1.82) is 0 Å². The van der Waals surface area contributed by atoms with E-state index >= 15 is 0 Å². The van der Waals surface area contributed by atoms with Gasteiger partial charge in [0, 0.05) is 0 Å². The molecule has 0 bridgehead atoms. The van der Waals surface area contributed by atoms with Gasteiger partial charge in [-0.3, -0.25) is 0 Å². The first kappa shape index (κ1) is 9.93. The minimum Gasteiger partial charge on any atom is -0.486 e. The van der Waals surface area contributed by atoms with E-state index < -0.39 is 0 Å². The highest BCUT2D eigenvalue weighted by Crippen LogP contribution is 2.34. The van der Waals surface area contributed by atoms with E-state index in [0.717, 1.165) is 30.0 Å². The zero-order valence-corrected chi connectivity index (χ0v) is 8.98. The normalized spacial score (nSPS) is 28.1. The standard InChI is InChI=1S/C12H15NO3/c14-9-3-4-13-12(9)8-1-2-10-11(7-8)16-6-5-15-10/h1-2,7,9,12-14H,3-6H2. The van der Waals surface area contributed by atoms with E-state index in [9.17, 15) is 5.11 Å². The van der Waals surface area contributed by atoms with Crippen LogP contribution in [0.25, 0.3) is 0 Å². The Hall–Kier alpha value is -1.26.